The molecule has 4 rings (SSSR count). The monoisotopic (exact) mass is 417 g/mol. The zero-order valence-electron chi connectivity index (χ0n) is 17.6. The largest absolute Gasteiger partial charge is 0.271 e. The molecule has 7 heteroatoms. The van der Waals surface area contributed by atoms with E-state index in [1.165, 1.54) is 16.8 Å². The van der Waals surface area contributed by atoms with Gasteiger partial charge in [-0.2, -0.15) is 9.41 Å². The summed E-state index contributed by atoms with van der Waals surface area (Å²) in [6, 6.07) is 6.29. The van der Waals surface area contributed by atoms with Gasteiger partial charge in [0.2, 0.25) is 10.0 Å². The van der Waals surface area contributed by atoms with E-state index in [-0.39, 0.29) is 21.6 Å². The third-order valence-electron chi connectivity index (χ3n) is 7.85. The molecule has 1 aliphatic heterocycles. The molecule has 1 aromatic rings. The van der Waals surface area contributed by atoms with Gasteiger partial charge in [-0.05, 0) is 61.6 Å². The number of nitrogens with one attached hydrogen (secondary N) is 1. The van der Waals surface area contributed by atoms with Crippen molar-refractivity contribution in [3.8, 4) is 0 Å². The van der Waals surface area contributed by atoms with Crippen molar-refractivity contribution in [3.05, 3.63) is 29.8 Å². The predicted octanol–water partition coefficient (Wildman–Crippen LogP) is 3.79. The Kier molecular flexibility index (Phi) is 5.10. The molecular weight excluding hydrogens is 386 g/mol. The van der Waals surface area contributed by atoms with Crippen LogP contribution >= 0.6 is 0 Å². The number of rotatable bonds is 4. The van der Waals surface area contributed by atoms with Gasteiger partial charge in [-0.1, -0.05) is 33.3 Å². The summed E-state index contributed by atoms with van der Waals surface area (Å²) in [4.78, 5) is 12.9. The number of carbonyl (C=O) groups excluding carboxylic acids is 1. The second kappa shape index (κ2) is 7.20. The SMILES string of the molecule is CC1(C)[C@@H]2CC[C@@]1(C)/C(=N/NC(=O)c1cccc(S(=O)(=O)N3CCCCC3)c1)C2. The quantitative estimate of drug-likeness (QED) is 0.757. The molecule has 1 heterocycles. The molecule has 3 aliphatic rings. The molecule has 0 spiro atoms. The molecule has 1 N–H and O–H groups in total. The predicted molar refractivity (Wildman–Crippen MR) is 113 cm³/mol. The number of piperidine rings is 1. The van der Waals surface area contributed by atoms with Crippen LogP contribution in [0.15, 0.2) is 34.3 Å². The average molecular weight is 418 g/mol. The zero-order valence-corrected chi connectivity index (χ0v) is 18.4. The van der Waals surface area contributed by atoms with Crippen LogP contribution in [0.5, 0.6) is 0 Å². The molecule has 0 aromatic heterocycles. The van der Waals surface area contributed by atoms with E-state index < -0.39 is 10.0 Å². The molecule has 2 saturated carbocycles. The van der Waals surface area contributed by atoms with Crippen molar-refractivity contribution < 1.29 is 13.2 Å². The number of hydrogen-bond donors (Lipinski definition) is 1. The minimum atomic E-state index is -3.56. The minimum Gasteiger partial charge on any atom is -0.267 e. The highest BCUT2D eigenvalue weighted by molar-refractivity contribution is 7.89. The molecule has 2 bridgehead atoms. The fraction of sp³-hybridized carbons (Fsp3) is 0.636. The highest BCUT2D eigenvalue weighted by Crippen LogP contribution is 2.63. The first-order valence-electron chi connectivity index (χ1n) is 10.6. The summed E-state index contributed by atoms with van der Waals surface area (Å²) in [6.45, 7) is 7.93. The zero-order chi connectivity index (χ0) is 20.9. The van der Waals surface area contributed by atoms with Crippen LogP contribution < -0.4 is 5.43 Å². The van der Waals surface area contributed by atoms with Crippen molar-refractivity contribution in [2.24, 2.45) is 21.8 Å². The number of hydrogen-bond acceptors (Lipinski definition) is 4. The number of sulfonamides is 1. The summed E-state index contributed by atoms with van der Waals surface area (Å²) in [5.74, 6) is 0.249. The molecule has 3 fully saturated rings. The second-order valence-electron chi connectivity index (χ2n) is 9.49. The van der Waals surface area contributed by atoms with Gasteiger partial charge in [0.15, 0.2) is 0 Å². The Morgan fingerprint density at radius 3 is 2.52 bits per heavy atom. The van der Waals surface area contributed by atoms with Crippen LogP contribution in [-0.2, 0) is 10.0 Å². The van der Waals surface area contributed by atoms with E-state index in [1.807, 2.05) is 0 Å². The number of carbonyl (C=O) groups is 1. The van der Waals surface area contributed by atoms with Gasteiger partial charge in [0, 0.05) is 29.8 Å². The van der Waals surface area contributed by atoms with Crippen LogP contribution in [-0.4, -0.2) is 37.4 Å². The summed E-state index contributed by atoms with van der Waals surface area (Å²) in [5.41, 5.74) is 4.28. The van der Waals surface area contributed by atoms with Gasteiger partial charge in [-0.3, -0.25) is 4.79 Å². The average Bonchev–Trinajstić information content (AvgIpc) is 3.06. The maximum Gasteiger partial charge on any atom is 0.271 e. The minimum absolute atomic E-state index is 0.0183. The number of hydrazone groups is 1. The fourth-order valence-corrected chi connectivity index (χ4v) is 6.90. The summed E-state index contributed by atoms with van der Waals surface area (Å²) < 4.78 is 27.3. The lowest BCUT2D eigenvalue weighted by Gasteiger charge is -2.34. The number of fused-ring (bicyclic) bond motifs is 2. The van der Waals surface area contributed by atoms with Crippen LogP contribution in [0.3, 0.4) is 0 Å². The Hall–Kier alpha value is -1.73. The first kappa shape index (κ1) is 20.5. The van der Waals surface area contributed by atoms with Crippen LogP contribution in [0.25, 0.3) is 0 Å². The highest BCUT2D eigenvalue weighted by Gasteiger charge is 2.60. The maximum absolute atomic E-state index is 12.9. The van der Waals surface area contributed by atoms with Crippen molar-refractivity contribution in [2.45, 2.75) is 64.2 Å². The van der Waals surface area contributed by atoms with E-state index in [0.29, 0.717) is 24.6 Å². The number of nitrogens with zero attached hydrogens (tertiary/aromatic N) is 2. The summed E-state index contributed by atoms with van der Waals surface area (Å²) in [6.07, 6.45) is 6.06. The van der Waals surface area contributed by atoms with Crippen molar-refractivity contribution in [2.75, 3.05) is 13.1 Å². The molecule has 0 unspecified atom stereocenters. The van der Waals surface area contributed by atoms with Gasteiger partial charge in [-0.25, -0.2) is 13.8 Å². The van der Waals surface area contributed by atoms with E-state index >= 15 is 0 Å². The Morgan fingerprint density at radius 1 is 1.17 bits per heavy atom. The highest BCUT2D eigenvalue weighted by atomic mass is 32.2. The Balaban J connectivity index is 1.51. The van der Waals surface area contributed by atoms with E-state index in [2.05, 4.69) is 31.3 Å². The van der Waals surface area contributed by atoms with Gasteiger partial charge < -0.3 is 0 Å². The Bertz CT molecular complexity index is 948. The number of amides is 1. The fourth-order valence-electron chi connectivity index (χ4n) is 5.33. The topological polar surface area (TPSA) is 78.8 Å². The van der Waals surface area contributed by atoms with Crippen molar-refractivity contribution >= 4 is 21.6 Å². The molecule has 1 saturated heterocycles. The molecule has 1 amide bonds. The maximum atomic E-state index is 12.9. The second-order valence-corrected chi connectivity index (χ2v) is 11.4. The Labute approximate surface area is 173 Å². The summed E-state index contributed by atoms with van der Waals surface area (Å²) in [7, 11) is -3.56. The van der Waals surface area contributed by atoms with Crippen LogP contribution in [0.2, 0.25) is 0 Å². The normalized spacial score (nSPS) is 30.6. The van der Waals surface area contributed by atoms with Crippen molar-refractivity contribution in [1.29, 1.82) is 0 Å². The summed E-state index contributed by atoms with van der Waals surface area (Å²) >= 11 is 0. The molecule has 0 radical (unpaired) electrons. The first-order valence-corrected chi connectivity index (χ1v) is 12.1. The molecule has 29 heavy (non-hydrogen) atoms. The third kappa shape index (κ3) is 3.32. The summed E-state index contributed by atoms with van der Waals surface area (Å²) in [5, 5.41) is 4.49. The lowest BCUT2D eigenvalue weighted by molar-refractivity contribution is 0.0953. The van der Waals surface area contributed by atoms with E-state index in [0.717, 1.165) is 37.8 Å². The lowest BCUT2D eigenvalue weighted by atomic mass is 9.70. The van der Waals surface area contributed by atoms with E-state index in [4.69, 9.17) is 0 Å². The lowest BCUT2D eigenvalue weighted by Crippen LogP contribution is -2.35. The molecule has 2 aliphatic carbocycles. The third-order valence-corrected chi connectivity index (χ3v) is 9.75. The first-order chi connectivity index (χ1) is 13.7. The van der Waals surface area contributed by atoms with Crippen LogP contribution in [0, 0.1) is 16.7 Å². The van der Waals surface area contributed by atoms with E-state index in [1.54, 1.807) is 18.2 Å². The molecular formula is C22H31N3O3S. The van der Waals surface area contributed by atoms with Gasteiger partial charge in [0.1, 0.15) is 0 Å². The van der Waals surface area contributed by atoms with Crippen molar-refractivity contribution in [1.82, 2.24) is 9.73 Å². The van der Waals surface area contributed by atoms with Gasteiger partial charge in [-0.15, -0.1) is 0 Å². The number of benzene rings is 1. The van der Waals surface area contributed by atoms with Gasteiger partial charge in [0.05, 0.1) is 4.90 Å². The van der Waals surface area contributed by atoms with Crippen LogP contribution in [0.1, 0.15) is 69.7 Å². The molecule has 158 valence electrons. The van der Waals surface area contributed by atoms with E-state index in [9.17, 15) is 13.2 Å². The standard InChI is InChI=1S/C22H31N3O3S/c1-21(2)17-10-11-22(21,3)19(15-17)23-24-20(26)16-8-7-9-18(14-16)29(27,28)25-12-5-4-6-13-25/h7-9,14,17H,4-6,10-13,15H2,1-3H3,(H,24,26)/b23-19+/t17-,22+/m1/s1. The van der Waals surface area contributed by atoms with Gasteiger partial charge in [0.25, 0.3) is 5.91 Å². The van der Waals surface area contributed by atoms with Gasteiger partial charge >= 0.3 is 0 Å². The molecule has 6 nitrogen and oxygen atoms in total. The smallest absolute Gasteiger partial charge is 0.267 e. The Morgan fingerprint density at radius 2 is 1.90 bits per heavy atom. The van der Waals surface area contributed by atoms with Crippen LogP contribution in [0.4, 0.5) is 0 Å². The molecule has 2 atom stereocenters. The van der Waals surface area contributed by atoms with Crippen molar-refractivity contribution in [3.63, 3.8) is 0 Å². The molecule has 1 aromatic carbocycles.